The van der Waals surface area contributed by atoms with Gasteiger partial charge in [-0.25, -0.2) is 0 Å². The van der Waals surface area contributed by atoms with Gasteiger partial charge in [-0.1, -0.05) is 41.0 Å². The van der Waals surface area contributed by atoms with Gasteiger partial charge >= 0.3 is 0 Å². The number of carbonyl (C=O) groups is 1. The molecule has 1 saturated heterocycles. The van der Waals surface area contributed by atoms with Crippen LogP contribution in [0.25, 0.3) is 0 Å². The minimum atomic E-state index is -0.154. The molecule has 3 heteroatoms. The van der Waals surface area contributed by atoms with Gasteiger partial charge in [-0.2, -0.15) is 0 Å². The Bertz CT molecular complexity index is 326. The fourth-order valence-electron chi connectivity index (χ4n) is 3.49. The Hall–Kier alpha value is -0.570. The summed E-state index contributed by atoms with van der Waals surface area (Å²) in [7, 11) is 0. The molecule has 2 rings (SSSR count). The predicted octanol–water partition coefficient (Wildman–Crippen LogP) is 3.01. The van der Waals surface area contributed by atoms with Crippen LogP contribution in [0, 0.1) is 17.8 Å². The average molecular weight is 266 g/mol. The Morgan fingerprint density at radius 2 is 1.84 bits per heavy atom. The van der Waals surface area contributed by atoms with Crippen molar-refractivity contribution in [3.05, 3.63) is 0 Å². The molecule has 0 aromatic heterocycles. The lowest BCUT2D eigenvalue weighted by molar-refractivity contribution is -0.131. The highest BCUT2D eigenvalue weighted by Gasteiger charge is 2.58. The van der Waals surface area contributed by atoms with E-state index in [0.717, 1.165) is 32.2 Å². The van der Waals surface area contributed by atoms with Crippen molar-refractivity contribution in [1.82, 2.24) is 10.2 Å². The maximum Gasteiger partial charge on any atom is 0.244 e. The molecule has 1 atom stereocenters. The van der Waals surface area contributed by atoms with Gasteiger partial charge in [0.2, 0.25) is 5.91 Å². The average Bonchev–Trinajstić information content (AvgIpc) is 3.04. The number of nitrogens with zero attached hydrogens (tertiary/aromatic N) is 1. The van der Waals surface area contributed by atoms with E-state index in [4.69, 9.17) is 0 Å². The maximum atomic E-state index is 12.6. The molecule has 1 aliphatic heterocycles. The van der Waals surface area contributed by atoms with Crippen molar-refractivity contribution in [2.45, 2.75) is 72.0 Å². The van der Waals surface area contributed by atoms with Crippen LogP contribution in [-0.2, 0) is 4.79 Å². The number of rotatable bonds is 6. The lowest BCUT2D eigenvalue weighted by Gasteiger charge is -2.32. The molecular formula is C16H30N2O. The largest absolute Gasteiger partial charge is 0.325 e. The molecule has 0 radical (unpaired) electrons. The second kappa shape index (κ2) is 5.43. The molecular weight excluding hydrogens is 236 g/mol. The number of amides is 1. The number of nitrogens with one attached hydrogen (secondary N) is 1. The molecule has 1 amide bonds. The van der Waals surface area contributed by atoms with Crippen LogP contribution in [0.15, 0.2) is 0 Å². The molecule has 1 N–H and O–H groups in total. The van der Waals surface area contributed by atoms with Gasteiger partial charge in [-0.15, -0.1) is 0 Å². The molecule has 19 heavy (non-hydrogen) atoms. The monoisotopic (exact) mass is 266 g/mol. The van der Waals surface area contributed by atoms with Gasteiger partial charge in [0.15, 0.2) is 0 Å². The van der Waals surface area contributed by atoms with Gasteiger partial charge in [0.05, 0.1) is 11.7 Å². The molecule has 0 bridgehead atoms. The summed E-state index contributed by atoms with van der Waals surface area (Å²) in [6.45, 7) is 12.2. The highest BCUT2D eigenvalue weighted by atomic mass is 16.2. The van der Waals surface area contributed by atoms with Crippen LogP contribution >= 0.6 is 0 Å². The smallest absolute Gasteiger partial charge is 0.244 e. The Balaban J connectivity index is 2.09. The van der Waals surface area contributed by atoms with E-state index in [0.29, 0.717) is 23.7 Å². The number of carbonyl (C=O) groups excluding carboxylic acids is 1. The van der Waals surface area contributed by atoms with Crippen LogP contribution in [-0.4, -0.2) is 29.1 Å². The Morgan fingerprint density at radius 1 is 1.26 bits per heavy atom. The summed E-state index contributed by atoms with van der Waals surface area (Å²) in [6.07, 6.45) is 4.56. The summed E-state index contributed by atoms with van der Waals surface area (Å²) in [4.78, 5) is 14.8. The third-order valence-electron chi connectivity index (χ3n) is 4.92. The van der Waals surface area contributed by atoms with Crippen molar-refractivity contribution in [2.75, 3.05) is 6.54 Å². The van der Waals surface area contributed by atoms with Crippen LogP contribution in [0.4, 0.5) is 0 Å². The van der Waals surface area contributed by atoms with E-state index >= 15 is 0 Å². The van der Waals surface area contributed by atoms with Crippen molar-refractivity contribution >= 4 is 5.91 Å². The Morgan fingerprint density at radius 3 is 2.26 bits per heavy atom. The zero-order valence-electron chi connectivity index (χ0n) is 13.2. The van der Waals surface area contributed by atoms with E-state index in [9.17, 15) is 4.79 Å². The van der Waals surface area contributed by atoms with Crippen LogP contribution < -0.4 is 5.32 Å². The van der Waals surface area contributed by atoms with Crippen molar-refractivity contribution in [1.29, 1.82) is 0 Å². The van der Waals surface area contributed by atoms with E-state index in [1.165, 1.54) is 0 Å². The first-order chi connectivity index (χ1) is 8.91. The molecule has 1 aliphatic carbocycles. The summed E-state index contributed by atoms with van der Waals surface area (Å²) >= 11 is 0. The minimum absolute atomic E-state index is 0.154. The maximum absolute atomic E-state index is 12.6. The predicted molar refractivity (Wildman–Crippen MR) is 78.7 cm³/mol. The fraction of sp³-hybridized carbons (Fsp3) is 0.938. The van der Waals surface area contributed by atoms with Crippen LogP contribution in [0.3, 0.4) is 0 Å². The zero-order chi connectivity index (χ0) is 14.2. The first-order valence-electron chi connectivity index (χ1n) is 8.00. The molecule has 2 fully saturated rings. The topological polar surface area (TPSA) is 32.3 Å². The van der Waals surface area contributed by atoms with Gasteiger partial charge < -0.3 is 4.90 Å². The second-order valence-corrected chi connectivity index (χ2v) is 7.14. The van der Waals surface area contributed by atoms with Crippen LogP contribution in [0.5, 0.6) is 0 Å². The van der Waals surface area contributed by atoms with Gasteiger partial charge in [0.1, 0.15) is 0 Å². The van der Waals surface area contributed by atoms with Crippen molar-refractivity contribution in [3.63, 3.8) is 0 Å². The highest BCUT2D eigenvalue weighted by molar-refractivity contribution is 5.91. The van der Waals surface area contributed by atoms with Crippen molar-refractivity contribution in [3.8, 4) is 0 Å². The Labute approximate surface area is 118 Å². The normalized spacial score (nSPS) is 25.4. The van der Waals surface area contributed by atoms with E-state index in [1.807, 2.05) is 0 Å². The summed E-state index contributed by atoms with van der Waals surface area (Å²) in [6, 6.07) is 0. The van der Waals surface area contributed by atoms with Crippen molar-refractivity contribution in [2.24, 2.45) is 17.8 Å². The van der Waals surface area contributed by atoms with Crippen LogP contribution in [0.2, 0.25) is 0 Å². The summed E-state index contributed by atoms with van der Waals surface area (Å²) in [5.41, 5.74) is -0.154. The number of hydrogen-bond acceptors (Lipinski definition) is 2. The van der Waals surface area contributed by atoms with E-state index in [1.54, 1.807) is 0 Å². The fourth-order valence-corrected chi connectivity index (χ4v) is 3.49. The summed E-state index contributed by atoms with van der Waals surface area (Å²) in [5.74, 6) is 2.23. The molecule has 0 aromatic rings. The molecule has 1 spiro atoms. The molecule has 1 unspecified atom stereocenters. The third-order valence-corrected chi connectivity index (χ3v) is 4.92. The van der Waals surface area contributed by atoms with Gasteiger partial charge in [0.25, 0.3) is 0 Å². The molecule has 110 valence electrons. The Kier molecular flexibility index (Phi) is 4.24. The van der Waals surface area contributed by atoms with Gasteiger partial charge in [-0.3, -0.25) is 10.1 Å². The number of hydrogen-bond donors (Lipinski definition) is 1. The van der Waals surface area contributed by atoms with Gasteiger partial charge in [-0.05, 0) is 37.0 Å². The standard InChI is InChI=1S/C16H30N2O/c1-6-7-14-17-16(8-9-16)15(19)18(14)10-13(11(2)3)12(4)5/h11-14,17H,6-10H2,1-5H3. The first kappa shape index (κ1) is 14.8. The third kappa shape index (κ3) is 2.81. The van der Waals surface area contributed by atoms with Crippen molar-refractivity contribution < 1.29 is 4.79 Å². The molecule has 0 aromatic carbocycles. The van der Waals surface area contributed by atoms with E-state index in [2.05, 4.69) is 44.8 Å². The van der Waals surface area contributed by atoms with Crippen LogP contribution in [0.1, 0.15) is 60.3 Å². The zero-order valence-corrected chi connectivity index (χ0v) is 13.2. The van der Waals surface area contributed by atoms with E-state index in [-0.39, 0.29) is 11.7 Å². The minimum Gasteiger partial charge on any atom is -0.325 e. The highest BCUT2D eigenvalue weighted by Crippen LogP contribution is 2.43. The summed E-state index contributed by atoms with van der Waals surface area (Å²) < 4.78 is 0. The molecule has 2 aliphatic rings. The molecule has 1 saturated carbocycles. The molecule has 1 heterocycles. The SMILES string of the molecule is CCCC1NC2(CC2)C(=O)N1CC(C(C)C)C(C)C. The lowest BCUT2D eigenvalue weighted by atomic mass is 9.85. The summed E-state index contributed by atoms with van der Waals surface area (Å²) in [5, 5.41) is 3.60. The lowest BCUT2D eigenvalue weighted by Crippen LogP contribution is -2.42. The second-order valence-electron chi connectivity index (χ2n) is 7.14. The van der Waals surface area contributed by atoms with Gasteiger partial charge in [0, 0.05) is 6.54 Å². The quantitative estimate of drug-likeness (QED) is 0.801. The van der Waals surface area contributed by atoms with E-state index < -0.39 is 0 Å². The first-order valence-corrected chi connectivity index (χ1v) is 8.00. The molecule has 3 nitrogen and oxygen atoms in total.